The van der Waals surface area contributed by atoms with Crippen LogP contribution in [-0.4, -0.2) is 19.1 Å². The fourth-order valence-corrected chi connectivity index (χ4v) is 2.53. The van der Waals surface area contributed by atoms with Crippen molar-refractivity contribution in [3.8, 4) is 11.5 Å². The number of nitrogens with zero attached hydrogens (tertiary/aromatic N) is 2. The summed E-state index contributed by atoms with van der Waals surface area (Å²) in [5.41, 5.74) is 5.62. The fraction of sp³-hybridized carbons (Fsp3) is 0.294. The molecule has 0 saturated carbocycles. The topological polar surface area (TPSA) is 46.3 Å². The van der Waals surface area contributed by atoms with Gasteiger partial charge in [0, 0.05) is 30.9 Å². The predicted octanol–water partition coefficient (Wildman–Crippen LogP) is 3.28. The molecule has 108 valence electrons. The summed E-state index contributed by atoms with van der Waals surface area (Å²) in [4.78, 5) is 18.9. The van der Waals surface area contributed by atoms with Gasteiger partial charge in [-0.2, -0.15) is 0 Å². The maximum Gasteiger partial charge on any atom is 0.188 e. The van der Waals surface area contributed by atoms with Gasteiger partial charge in [0.05, 0.1) is 0 Å². The van der Waals surface area contributed by atoms with Crippen LogP contribution in [0.4, 0.5) is 5.69 Å². The number of anilines is 1. The van der Waals surface area contributed by atoms with Crippen molar-refractivity contribution in [1.82, 2.24) is 4.98 Å². The quantitative estimate of drug-likeness (QED) is 0.643. The summed E-state index contributed by atoms with van der Waals surface area (Å²) in [6.45, 7) is 5.55. The SMILES string of the molecule is Cc1c2nc3cc(N(C)C)ccc3oc-2c(C)c(=O)c1C. The zero-order valence-corrected chi connectivity index (χ0v) is 12.9. The number of rotatable bonds is 1. The summed E-state index contributed by atoms with van der Waals surface area (Å²) in [7, 11) is 3.98. The average molecular weight is 282 g/mol. The highest BCUT2D eigenvalue weighted by Crippen LogP contribution is 2.31. The molecular weight excluding hydrogens is 264 g/mol. The third-order valence-electron chi connectivity index (χ3n) is 4.06. The Labute approximate surface area is 123 Å². The van der Waals surface area contributed by atoms with Crippen LogP contribution in [0.15, 0.2) is 27.4 Å². The van der Waals surface area contributed by atoms with Crippen LogP contribution in [0.1, 0.15) is 16.7 Å². The minimum atomic E-state index is 0.0369. The van der Waals surface area contributed by atoms with Crippen LogP contribution in [0.2, 0.25) is 0 Å². The first kappa shape index (κ1) is 13.6. The molecule has 1 aliphatic carbocycles. The van der Waals surface area contributed by atoms with E-state index >= 15 is 0 Å². The number of fused-ring (bicyclic) bond motifs is 2. The van der Waals surface area contributed by atoms with E-state index in [0.29, 0.717) is 16.9 Å². The third-order valence-corrected chi connectivity index (χ3v) is 4.06. The van der Waals surface area contributed by atoms with Crippen LogP contribution in [-0.2, 0) is 0 Å². The molecule has 1 aromatic carbocycles. The molecule has 0 unspecified atom stereocenters. The standard InChI is InChI=1S/C17H18N2O2/c1-9-10(2)16(20)11(3)17-15(9)18-13-8-12(19(4)5)6-7-14(13)21-17/h6-8H,1-5H3. The molecule has 0 saturated heterocycles. The maximum absolute atomic E-state index is 12.2. The van der Waals surface area contributed by atoms with E-state index < -0.39 is 0 Å². The average Bonchev–Trinajstić information content (AvgIpc) is 2.48. The van der Waals surface area contributed by atoms with Crippen molar-refractivity contribution in [2.45, 2.75) is 20.8 Å². The van der Waals surface area contributed by atoms with Crippen molar-refractivity contribution < 1.29 is 4.42 Å². The van der Waals surface area contributed by atoms with Crippen LogP contribution < -0.4 is 10.3 Å². The van der Waals surface area contributed by atoms with Crippen LogP contribution >= 0.6 is 0 Å². The molecule has 3 rings (SSSR count). The van der Waals surface area contributed by atoms with Crippen molar-refractivity contribution in [2.24, 2.45) is 0 Å². The molecule has 0 bridgehead atoms. The molecule has 0 aromatic heterocycles. The summed E-state index contributed by atoms with van der Waals surface area (Å²) in [5.74, 6) is 0.591. The maximum atomic E-state index is 12.2. The fourth-order valence-electron chi connectivity index (χ4n) is 2.53. The molecule has 4 heteroatoms. The van der Waals surface area contributed by atoms with E-state index in [1.165, 1.54) is 0 Å². The van der Waals surface area contributed by atoms with Crippen molar-refractivity contribution in [3.63, 3.8) is 0 Å². The number of hydrogen-bond donors (Lipinski definition) is 0. The number of hydrogen-bond acceptors (Lipinski definition) is 4. The molecule has 0 N–H and O–H groups in total. The van der Waals surface area contributed by atoms with Gasteiger partial charge in [0.2, 0.25) is 0 Å². The van der Waals surface area contributed by atoms with Crippen molar-refractivity contribution in [1.29, 1.82) is 0 Å². The van der Waals surface area contributed by atoms with E-state index in [4.69, 9.17) is 9.40 Å². The highest BCUT2D eigenvalue weighted by molar-refractivity contribution is 5.81. The van der Waals surface area contributed by atoms with E-state index in [9.17, 15) is 4.79 Å². The smallest absolute Gasteiger partial charge is 0.188 e. The van der Waals surface area contributed by atoms with Crippen LogP contribution in [0.5, 0.6) is 0 Å². The summed E-state index contributed by atoms with van der Waals surface area (Å²) >= 11 is 0. The summed E-state index contributed by atoms with van der Waals surface area (Å²) in [5, 5.41) is 0. The van der Waals surface area contributed by atoms with Gasteiger partial charge in [0.15, 0.2) is 16.8 Å². The Morgan fingerprint density at radius 2 is 1.76 bits per heavy atom. The normalized spacial score (nSPS) is 11.3. The lowest BCUT2D eigenvalue weighted by Crippen LogP contribution is -2.14. The lowest BCUT2D eigenvalue weighted by molar-refractivity contribution is 0.606. The van der Waals surface area contributed by atoms with E-state index in [2.05, 4.69) is 0 Å². The minimum Gasteiger partial charge on any atom is -0.452 e. The van der Waals surface area contributed by atoms with Crippen LogP contribution in [0.25, 0.3) is 22.6 Å². The van der Waals surface area contributed by atoms with Crippen molar-refractivity contribution in [2.75, 3.05) is 19.0 Å². The molecule has 0 fully saturated rings. The van der Waals surface area contributed by atoms with Gasteiger partial charge in [-0.15, -0.1) is 0 Å². The van der Waals surface area contributed by atoms with Crippen LogP contribution in [0.3, 0.4) is 0 Å². The number of aromatic nitrogens is 1. The van der Waals surface area contributed by atoms with Gasteiger partial charge in [-0.3, -0.25) is 4.79 Å². The molecule has 21 heavy (non-hydrogen) atoms. The van der Waals surface area contributed by atoms with E-state index in [1.807, 2.05) is 51.0 Å². The summed E-state index contributed by atoms with van der Waals surface area (Å²) < 4.78 is 5.95. The second-order valence-corrected chi connectivity index (χ2v) is 5.64. The Kier molecular flexibility index (Phi) is 2.97. The Morgan fingerprint density at radius 3 is 2.43 bits per heavy atom. The van der Waals surface area contributed by atoms with Gasteiger partial charge in [0.25, 0.3) is 0 Å². The molecule has 1 heterocycles. The Hall–Kier alpha value is -2.36. The Morgan fingerprint density at radius 1 is 1.05 bits per heavy atom. The van der Waals surface area contributed by atoms with Gasteiger partial charge < -0.3 is 9.32 Å². The van der Waals surface area contributed by atoms with Gasteiger partial charge in [0.1, 0.15) is 11.2 Å². The monoisotopic (exact) mass is 282 g/mol. The van der Waals surface area contributed by atoms with Gasteiger partial charge in [-0.05, 0) is 44.5 Å². The molecule has 1 aromatic rings. The Balaban J connectivity index is 2.44. The minimum absolute atomic E-state index is 0.0369. The zero-order valence-electron chi connectivity index (χ0n) is 12.9. The molecule has 4 nitrogen and oxygen atoms in total. The van der Waals surface area contributed by atoms with E-state index in [0.717, 1.165) is 28.0 Å². The van der Waals surface area contributed by atoms with E-state index in [1.54, 1.807) is 6.92 Å². The van der Waals surface area contributed by atoms with Gasteiger partial charge >= 0.3 is 0 Å². The molecule has 2 aliphatic rings. The molecule has 0 atom stereocenters. The highest BCUT2D eigenvalue weighted by Gasteiger charge is 2.20. The lowest BCUT2D eigenvalue weighted by atomic mass is 9.99. The van der Waals surface area contributed by atoms with Crippen molar-refractivity contribution in [3.05, 3.63) is 45.1 Å². The molecule has 0 radical (unpaired) electrons. The molecule has 0 spiro atoms. The van der Waals surface area contributed by atoms with E-state index in [-0.39, 0.29) is 5.43 Å². The zero-order chi connectivity index (χ0) is 15.3. The van der Waals surface area contributed by atoms with Gasteiger partial charge in [-0.1, -0.05) is 0 Å². The lowest BCUT2D eigenvalue weighted by Gasteiger charge is -2.15. The molecule has 0 amide bonds. The molecular formula is C17H18N2O2. The number of benzene rings is 2. The Bertz CT molecular complexity index is 878. The third kappa shape index (κ3) is 1.98. The van der Waals surface area contributed by atoms with Gasteiger partial charge in [-0.25, -0.2) is 4.98 Å². The highest BCUT2D eigenvalue weighted by atomic mass is 16.3. The molecule has 1 aliphatic heterocycles. The largest absolute Gasteiger partial charge is 0.452 e. The van der Waals surface area contributed by atoms with Crippen LogP contribution in [0, 0.1) is 20.8 Å². The predicted molar refractivity (Wildman–Crippen MR) is 85.4 cm³/mol. The summed E-state index contributed by atoms with van der Waals surface area (Å²) in [6.07, 6.45) is 0. The first-order chi connectivity index (χ1) is 9.90. The second-order valence-electron chi connectivity index (χ2n) is 5.64. The summed E-state index contributed by atoms with van der Waals surface area (Å²) in [6, 6.07) is 5.87. The second kappa shape index (κ2) is 4.58. The first-order valence-corrected chi connectivity index (χ1v) is 6.92. The van der Waals surface area contributed by atoms with Crippen molar-refractivity contribution >= 4 is 16.8 Å². The first-order valence-electron chi connectivity index (χ1n) is 6.92.